The minimum Gasteiger partial charge on any atom is -0.478 e. The molecule has 3 aromatic rings. The fourth-order valence-corrected chi connectivity index (χ4v) is 2.60. The highest BCUT2D eigenvalue weighted by Crippen LogP contribution is 2.19. The summed E-state index contributed by atoms with van der Waals surface area (Å²) >= 11 is 0. The highest BCUT2D eigenvalue weighted by molar-refractivity contribution is 5.94. The summed E-state index contributed by atoms with van der Waals surface area (Å²) in [5, 5.41) is 31.6. The van der Waals surface area contributed by atoms with E-state index in [2.05, 4.69) is 5.10 Å². The smallest absolute Gasteiger partial charge is 0.335 e. The molecule has 0 aliphatic carbocycles. The van der Waals surface area contributed by atoms with Gasteiger partial charge < -0.3 is 15.3 Å². The number of hydrogen-bond acceptors (Lipinski definition) is 4. The molecule has 0 spiro atoms. The van der Waals surface area contributed by atoms with E-state index >= 15 is 0 Å². The first-order chi connectivity index (χ1) is 12.8. The van der Waals surface area contributed by atoms with E-state index in [1.54, 1.807) is 29.1 Å². The first kappa shape index (κ1) is 17.9. The van der Waals surface area contributed by atoms with Gasteiger partial charge in [0.05, 0.1) is 28.9 Å². The Morgan fingerprint density at radius 2 is 1.33 bits per heavy atom. The molecule has 1 heterocycles. The molecule has 3 rings (SSSR count). The molecule has 0 amide bonds. The second-order valence-corrected chi connectivity index (χ2v) is 5.81. The zero-order valence-electron chi connectivity index (χ0n) is 13.9. The predicted octanol–water partition coefficient (Wildman–Crippen LogP) is 2.69. The number of benzene rings is 2. The lowest BCUT2D eigenvalue weighted by atomic mass is 10.1. The van der Waals surface area contributed by atoms with Crippen molar-refractivity contribution in [2.75, 3.05) is 0 Å². The van der Waals surface area contributed by atoms with E-state index in [-0.39, 0.29) is 23.2 Å². The fourth-order valence-electron chi connectivity index (χ4n) is 2.60. The molecule has 0 aliphatic heterocycles. The Balaban J connectivity index is 1.86. The van der Waals surface area contributed by atoms with Crippen LogP contribution in [0.1, 0.15) is 36.6 Å². The molecule has 0 atom stereocenters. The maximum atomic E-state index is 11.2. The van der Waals surface area contributed by atoms with Gasteiger partial charge in [-0.25, -0.2) is 14.4 Å². The van der Waals surface area contributed by atoms with Gasteiger partial charge in [0.15, 0.2) is 0 Å². The van der Waals surface area contributed by atoms with Crippen molar-refractivity contribution in [3.05, 3.63) is 77.0 Å². The SMILES string of the molecule is O=C(O)c1ccc(-c2ccn(Cc3cc(C(=O)O)cc(C(=O)O)c3)n2)cc1. The number of carboxylic acid groups (broad SMARTS) is 3. The van der Waals surface area contributed by atoms with E-state index in [0.717, 1.165) is 11.6 Å². The molecule has 0 unspecified atom stereocenters. The van der Waals surface area contributed by atoms with Gasteiger partial charge in [0.25, 0.3) is 0 Å². The maximum Gasteiger partial charge on any atom is 0.335 e. The van der Waals surface area contributed by atoms with Crippen LogP contribution in [0.15, 0.2) is 54.7 Å². The number of aromatic nitrogens is 2. The third-order valence-electron chi connectivity index (χ3n) is 3.90. The van der Waals surface area contributed by atoms with Gasteiger partial charge in [-0.3, -0.25) is 4.68 Å². The Labute approximate surface area is 152 Å². The summed E-state index contributed by atoms with van der Waals surface area (Å²) in [6.45, 7) is 0.189. The summed E-state index contributed by atoms with van der Waals surface area (Å²) in [5.74, 6) is -3.43. The van der Waals surface area contributed by atoms with Gasteiger partial charge in [-0.05, 0) is 42.0 Å². The minimum atomic E-state index is -1.21. The lowest BCUT2D eigenvalue weighted by Crippen LogP contribution is -2.07. The van der Waals surface area contributed by atoms with Crippen LogP contribution in [0.3, 0.4) is 0 Å². The van der Waals surface area contributed by atoms with Crippen LogP contribution in [0.2, 0.25) is 0 Å². The van der Waals surface area contributed by atoms with Crippen LogP contribution in [0.5, 0.6) is 0 Å². The summed E-state index contributed by atoms with van der Waals surface area (Å²) in [5.41, 5.74) is 1.78. The number of rotatable bonds is 6. The standard InChI is InChI=1S/C19H14N2O6/c22-17(23)13-3-1-12(2-4-13)16-5-6-21(20-16)10-11-7-14(18(24)25)9-15(8-11)19(26)27/h1-9H,10H2,(H,22,23)(H,24,25)(H,26,27). The Morgan fingerprint density at radius 3 is 1.85 bits per heavy atom. The van der Waals surface area contributed by atoms with Crippen molar-refractivity contribution in [1.82, 2.24) is 9.78 Å². The Hall–Kier alpha value is -3.94. The van der Waals surface area contributed by atoms with Crippen molar-refractivity contribution in [3.63, 3.8) is 0 Å². The van der Waals surface area contributed by atoms with Crippen molar-refractivity contribution < 1.29 is 29.7 Å². The largest absolute Gasteiger partial charge is 0.478 e. The summed E-state index contributed by atoms with van der Waals surface area (Å²) in [6, 6.07) is 11.9. The number of carbonyl (C=O) groups is 3. The second kappa shape index (κ2) is 7.12. The average Bonchev–Trinajstić information content (AvgIpc) is 3.09. The number of hydrogen-bond donors (Lipinski definition) is 3. The highest BCUT2D eigenvalue weighted by atomic mass is 16.4. The van der Waals surface area contributed by atoms with E-state index in [0.29, 0.717) is 11.3 Å². The summed E-state index contributed by atoms with van der Waals surface area (Å²) in [4.78, 5) is 33.3. The third-order valence-corrected chi connectivity index (χ3v) is 3.90. The molecule has 2 aromatic carbocycles. The molecule has 8 heteroatoms. The number of nitrogens with zero attached hydrogens (tertiary/aromatic N) is 2. The van der Waals surface area contributed by atoms with E-state index in [1.807, 2.05) is 0 Å². The topological polar surface area (TPSA) is 130 Å². The second-order valence-electron chi connectivity index (χ2n) is 5.81. The molecule has 8 nitrogen and oxygen atoms in total. The lowest BCUT2D eigenvalue weighted by molar-refractivity contribution is 0.0682. The summed E-state index contributed by atoms with van der Waals surface area (Å²) in [7, 11) is 0. The third kappa shape index (κ3) is 4.01. The zero-order valence-corrected chi connectivity index (χ0v) is 13.9. The number of carboxylic acids is 3. The zero-order chi connectivity index (χ0) is 19.6. The first-order valence-electron chi connectivity index (χ1n) is 7.81. The van der Waals surface area contributed by atoms with Crippen LogP contribution in [0.4, 0.5) is 0 Å². The molecule has 1 aromatic heterocycles. The van der Waals surface area contributed by atoms with Gasteiger partial charge >= 0.3 is 17.9 Å². The fraction of sp³-hybridized carbons (Fsp3) is 0.0526. The normalized spacial score (nSPS) is 10.5. The van der Waals surface area contributed by atoms with Crippen LogP contribution in [0, 0.1) is 0 Å². The van der Waals surface area contributed by atoms with Gasteiger partial charge in [-0.15, -0.1) is 0 Å². The van der Waals surface area contributed by atoms with E-state index < -0.39 is 17.9 Å². The van der Waals surface area contributed by atoms with Crippen LogP contribution in [0.25, 0.3) is 11.3 Å². The predicted molar refractivity (Wildman–Crippen MR) is 94.1 cm³/mol. The van der Waals surface area contributed by atoms with Gasteiger partial charge in [-0.2, -0.15) is 5.10 Å². The van der Waals surface area contributed by atoms with Crippen molar-refractivity contribution in [1.29, 1.82) is 0 Å². The van der Waals surface area contributed by atoms with Gasteiger partial charge in [-0.1, -0.05) is 12.1 Å². The molecule has 0 saturated heterocycles. The number of aromatic carboxylic acids is 3. The van der Waals surface area contributed by atoms with Gasteiger partial charge in [0.1, 0.15) is 0 Å². The minimum absolute atomic E-state index is 0.110. The Kier molecular flexibility index (Phi) is 4.71. The van der Waals surface area contributed by atoms with Gasteiger partial charge in [0, 0.05) is 11.8 Å². The van der Waals surface area contributed by atoms with E-state index in [4.69, 9.17) is 15.3 Å². The van der Waals surface area contributed by atoms with Crippen LogP contribution >= 0.6 is 0 Å². The Morgan fingerprint density at radius 1 is 0.778 bits per heavy atom. The lowest BCUT2D eigenvalue weighted by Gasteiger charge is -2.06. The van der Waals surface area contributed by atoms with E-state index in [9.17, 15) is 14.4 Å². The van der Waals surface area contributed by atoms with Crippen molar-refractivity contribution in [3.8, 4) is 11.3 Å². The molecule has 0 radical (unpaired) electrons. The summed E-state index contributed by atoms with van der Waals surface area (Å²) in [6.07, 6.45) is 1.67. The van der Waals surface area contributed by atoms with Crippen molar-refractivity contribution >= 4 is 17.9 Å². The molecule has 3 N–H and O–H groups in total. The molecule has 0 aliphatic rings. The molecular weight excluding hydrogens is 352 g/mol. The molecule has 27 heavy (non-hydrogen) atoms. The summed E-state index contributed by atoms with van der Waals surface area (Å²) < 4.78 is 1.55. The first-order valence-corrected chi connectivity index (χ1v) is 7.81. The average molecular weight is 366 g/mol. The quantitative estimate of drug-likeness (QED) is 0.611. The van der Waals surface area contributed by atoms with Crippen LogP contribution in [-0.4, -0.2) is 43.0 Å². The molecule has 0 saturated carbocycles. The molecule has 136 valence electrons. The molecular formula is C19H14N2O6. The van der Waals surface area contributed by atoms with Gasteiger partial charge in [0.2, 0.25) is 0 Å². The Bertz CT molecular complexity index is 1000. The van der Waals surface area contributed by atoms with E-state index in [1.165, 1.54) is 24.3 Å². The highest BCUT2D eigenvalue weighted by Gasteiger charge is 2.12. The maximum absolute atomic E-state index is 11.2. The monoisotopic (exact) mass is 366 g/mol. The van der Waals surface area contributed by atoms with Crippen molar-refractivity contribution in [2.24, 2.45) is 0 Å². The van der Waals surface area contributed by atoms with Crippen LogP contribution < -0.4 is 0 Å². The molecule has 0 fully saturated rings. The van der Waals surface area contributed by atoms with Crippen molar-refractivity contribution in [2.45, 2.75) is 6.54 Å². The van der Waals surface area contributed by atoms with Crippen LogP contribution in [-0.2, 0) is 6.54 Å². The molecule has 0 bridgehead atoms.